The second-order valence-electron chi connectivity index (χ2n) is 4.47. The normalized spacial score (nSPS) is 16.5. The van der Waals surface area contributed by atoms with Crippen molar-refractivity contribution < 1.29 is 9.90 Å². The van der Waals surface area contributed by atoms with E-state index in [9.17, 15) is 9.90 Å². The van der Waals surface area contributed by atoms with Gasteiger partial charge in [0, 0.05) is 13.1 Å². The Bertz CT molecular complexity index is 431. The minimum absolute atomic E-state index is 0.112. The molecule has 1 atom stereocenters. The Kier molecular flexibility index (Phi) is 3.33. The Morgan fingerprint density at radius 2 is 2.24 bits per heavy atom. The monoisotopic (exact) mass is 234 g/mol. The van der Waals surface area contributed by atoms with Crippen molar-refractivity contribution in [2.75, 3.05) is 13.6 Å². The molecular weight excluding hydrogens is 216 g/mol. The molecule has 4 nitrogen and oxygen atoms in total. The summed E-state index contributed by atoms with van der Waals surface area (Å²) in [5, 5.41) is 12.4. The zero-order valence-corrected chi connectivity index (χ0v) is 10.2. The number of aromatic hydroxyl groups is 1. The topological polar surface area (TPSA) is 52.6 Å². The van der Waals surface area contributed by atoms with Crippen molar-refractivity contribution in [3.63, 3.8) is 0 Å². The molecule has 4 heteroatoms. The lowest BCUT2D eigenvalue weighted by molar-refractivity contribution is -0.133. The number of phenolic OH excluding ortho intramolecular Hbond substituents is 1. The number of nitrogens with zero attached hydrogens (tertiary/aromatic N) is 1. The highest BCUT2D eigenvalue weighted by Gasteiger charge is 2.23. The summed E-state index contributed by atoms with van der Waals surface area (Å²) in [5.41, 5.74) is 2.27. The molecule has 1 amide bonds. The number of phenols is 1. The molecule has 92 valence electrons. The second kappa shape index (κ2) is 4.75. The smallest absolute Gasteiger partial charge is 0.239 e. The van der Waals surface area contributed by atoms with E-state index in [1.807, 2.05) is 17.9 Å². The third kappa shape index (κ3) is 2.42. The lowest BCUT2D eigenvalue weighted by Crippen LogP contribution is -2.45. The number of amides is 1. The maximum atomic E-state index is 12.0. The first-order valence-corrected chi connectivity index (χ1v) is 5.88. The first-order chi connectivity index (χ1) is 8.11. The number of hydrogen-bond acceptors (Lipinski definition) is 3. The zero-order chi connectivity index (χ0) is 12.4. The van der Waals surface area contributed by atoms with Gasteiger partial charge in [-0.3, -0.25) is 4.79 Å². The van der Waals surface area contributed by atoms with Crippen LogP contribution >= 0.6 is 0 Å². The summed E-state index contributed by atoms with van der Waals surface area (Å²) in [7, 11) is 1.78. The van der Waals surface area contributed by atoms with Gasteiger partial charge in [0.25, 0.3) is 0 Å². The van der Waals surface area contributed by atoms with Crippen molar-refractivity contribution in [2.45, 2.75) is 25.9 Å². The summed E-state index contributed by atoms with van der Waals surface area (Å²) in [5.74, 6) is 0.376. The molecule has 1 aliphatic rings. The fourth-order valence-corrected chi connectivity index (χ4v) is 2.13. The number of carbonyl (C=O) groups excluding carboxylic acids is 1. The van der Waals surface area contributed by atoms with Gasteiger partial charge in [0.15, 0.2) is 0 Å². The summed E-state index contributed by atoms with van der Waals surface area (Å²) in [6.45, 7) is 3.21. The summed E-state index contributed by atoms with van der Waals surface area (Å²) in [6, 6.07) is 5.23. The van der Waals surface area contributed by atoms with Gasteiger partial charge in [0.05, 0.1) is 6.04 Å². The van der Waals surface area contributed by atoms with E-state index in [0.717, 1.165) is 18.5 Å². The lowest BCUT2D eigenvalue weighted by Gasteiger charge is -2.30. The minimum atomic E-state index is -0.158. The van der Waals surface area contributed by atoms with Gasteiger partial charge in [-0.2, -0.15) is 0 Å². The average Bonchev–Trinajstić information content (AvgIpc) is 2.36. The summed E-state index contributed by atoms with van der Waals surface area (Å²) in [4.78, 5) is 13.9. The molecule has 0 fully saturated rings. The van der Waals surface area contributed by atoms with Gasteiger partial charge in [-0.1, -0.05) is 6.07 Å². The standard InChI is InChI=1S/C13H18N2O2/c1-9(14-2)13(17)15-6-5-10-3-4-12(16)7-11(10)8-15/h3-4,7,9,14,16H,5-6,8H2,1-2H3. The Labute approximate surface area is 101 Å². The molecule has 0 saturated heterocycles. The van der Waals surface area contributed by atoms with Crippen molar-refractivity contribution in [1.82, 2.24) is 10.2 Å². The van der Waals surface area contributed by atoms with Crippen LogP contribution in [0, 0.1) is 0 Å². The van der Waals surface area contributed by atoms with Gasteiger partial charge < -0.3 is 15.3 Å². The minimum Gasteiger partial charge on any atom is -0.508 e. The number of likely N-dealkylation sites (N-methyl/N-ethyl adjacent to an activating group) is 1. The highest BCUT2D eigenvalue weighted by Crippen LogP contribution is 2.23. The van der Waals surface area contributed by atoms with Crippen LogP contribution in [0.3, 0.4) is 0 Å². The van der Waals surface area contributed by atoms with Gasteiger partial charge in [-0.15, -0.1) is 0 Å². The maximum Gasteiger partial charge on any atom is 0.239 e. The van der Waals surface area contributed by atoms with Crippen LogP contribution in [0.15, 0.2) is 18.2 Å². The Morgan fingerprint density at radius 1 is 1.47 bits per heavy atom. The molecule has 17 heavy (non-hydrogen) atoms. The SMILES string of the molecule is CNC(C)C(=O)N1CCc2ccc(O)cc2C1. The number of hydrogen-bond donors (Lipinski definition) is 2. The van der Waals surface area contributed by atoms with E-state index >= 15 is 0 Å². The number of carbonyl (C=O) groups is 1. The fourth-order valence-electron chi connectivity index (χ4n) is 2.13. The van der Waals surface area contributed by atoms with E-state index in [1.165, 1.54) is 5.56 Å². The van der Waals surface area contributed by atoms with Crippen molar-refractivity contribution in [3.05, 3.63) is 29.3 Å². The predicted octanol–water partition coefficient (Wildman–Crippen LogP) is 0.885. The van der Waals surface area contributed by atoms with Gasteiger partial charge in [-0.05, 0) is 43.7 Å². The molecule has 1 aliphatic heterocycles. The molecule has 0 aromatic heterocycles. The number of rotatable bonds is 2. The third-order valence-electron chi connectivity index (χ3n) is 3.32. The van der Waals surface area contributed by atoms with E-state index in [0.29, 0.717) is 6.54 Å². The molecule has 0 saturated carbocycles. The highest BCUT2D eigenvalue weighted by molar-refractivity contribution is 5.81. The van der Waals surface area contributed by atoms with Crippen molar-refractivity contribution in [2.24, 2.45) is 0 Å². The zero-order valence-electron chi connectivity index (χ0n) is 10.2. The molecule has 0 spiro atoms. The maximum absolute atomic E-state index is 12.0. The predicted molar refractivity (Wildman–Crippen MR) is 65.7 cm³/mol. The van der Waals surface area contributed by atoms with Crippen molar-refractivity contribution in [3.8, 4) is 5.75 Å². The molecular formula is C13H18N2O2. The highest BCUT2D eigenvalue weighted by atomic mass is 16.3. The first kappa shape index (κ1) is 11.9. The summed E-state index contributed by atoms with van der Waals surface area (Å²) < 4.78 is 0. The van der Waals surface area contributed by atoms with Gasteiger partial charge >= 0.3 is 0 Å². The summed E-state index contributed by atoms with van der Waals surface area (Å²) in [6.07, 6.45) is 0.859. The average molecular weight is 234 g/mol. The van der Waals surface area contributed by atoms with E-state index in [2.05, 4.69) is 5.32 Å². The lowest BCUT2D eigenvalue weighted by atomic mass is 9.99. The molecule has 1 aromatic rings. The first-order valence-electron chi connectivity index (χ1n) is 5.88. The van der Waals surface area contributed by atoms with E-state index in [4.69, 9.17) is 0 Å². The van der Waals surface area contributed by atoms with Gasteiger partial charge in [-0.25, -0.2) is 0 Å². The van der Waals surface area contributed by atoms with Crippen molar-refractivity contribution >= 4 is 5.91 Å². The molecule has 1 aromatic carbocycles. The molecule has 0 radical (unpaired) electrons. The van der Waals surface area contributed by atoms with E-state index < -0.39 is 0 Å². The fraction of sp³-hybridized carbons (Fsp3) is 0.462. The Balaban J connectivity index is 2.15. The van der Waals surface area contributed by atoms with Crippen LogP contribution < -0.4 is 5.32 Å². The number of nitrogens with one attached hydrogen (secondary N) is 1. The molecule has 0 bridgehead atoms. The van der Waals surface area contributed by atoms with Crippen LogP contribution in [-0.4, -0.2) is 35.5 Å². The van der Waals surface area contributed by atoms with E-state index in [1.54, 1.807) is 19.2 Å². The Morgan fingerprint density at radius 3 is 2.94 bits per heavy atom. The largest absolute Gasteiger partial charge is 0.508 e. The van der Waals surface area contributed by atoms with Crippen LogP contribution in [0.1, 0.15) is 18.1 Å². The van der Waals surface area contributed by atoms with Crippen LogP contribution in [0.4, 0.5) is 0 Å². The van der Waals surface area contributed by atoms with Crippen molar-refractivity contribution in [1.29, 1.82) is 0 Å². The number of benzene rings is 1. The molecule has 2 N–H and O–H groups in total. The third-order valence-corrected chi connectivity index (χ3v) is 3.32. The molecule has 1 unspecified atom stereocenters. The second-order valence-corrected chi connectivity index (χ2v) is 4.47. The van der Waals surface area contributed by atoms with E-state index in [-0.39, 0.29) is 17.7 Å². The van der Waals surface area contributed by atoms with Crippen LogP contribution in [0.2, 0.25) is 0 Å². The Hall–Kier alpha value is -1.55. The summed E-state index contributed by atoms with van der Waals surface area (Å²) >= 11 is 0. The quantitative estimate of drug-likeness (QED) is 0.799. The molecule has 2 rings (SSSR count). The molecule has 1 heterocycles. The van der Waals surface area contributed by atoms with Crippen LogP contribution in [0.25, 0.3) is 0 Å². The van der Waals surface area contributed by atoms with Crippen LogP contribution in [-0.2, 0) is 17.8 Å². The molecule has 0 aliphatic carbocycles. The van der Waals surface area contributed by atoms with Crippen LogP contribution in [0.5, 0.6) is 5.75 Å². The number of fused-ring (bicyclic) bond motifs is 1. The van der Waals surface area contributed by atoms with Gasteiger partial charge in [0.1, 0.15) is 5.75 Å². The van der Waals surface area contributed by atoms with Gasteiger partial charge in [0.2, 0.25) is 5.91 Å².